The van der Waals surface area contributed by atoms with Crippen molar-refractivity contribution in [2.75, 3.05) is 6.54 Å². The van der Waals surface area contributed by atoms with E-state index in [9.17, 15) is 9.90 Å². The number of carbonyl (C=O) groups is 1. The Hall–Kier alpha value is -0.610. The number of hydrogen-bond acceptors (Lipinski definition) is 3. The normalized spacial score (nSPS) is 15.3. The molecule has 2 atom stereocenters. The SMILES string of the molecule is CCCC(O)CNC(=O)C(C)N. The Morgan fingerprint density at radius 3 is 2.67 bits per heavy atom. The molecule has 12 heavy (non-hydrogen) atoms. The molecule has 4 N–H and O–H groups in total. The topological polar surface area (TPSA) is 75.3 Å². The van der Waals surface area contributed by atoms with Gasteiger partial charge in [0.1, 0.15) is 0 Å². The average molecular weight is 174 g/mol. The van der Waals surface area contributed by atoms with Crippen molar-refractivity contribution in [3.8, 4) is 0 Å². The van der Waals surface area contributed by atoms with Gasteiger partial charge >= 0.3 is 0 Å². The molecule has 0 bridgehead atoms. The first-order valence-corrected chi connectivity index (χ1v) is 4.29. The Balaban J connectivity index is 3.47. The second kappa shape index (κ2) is 5.97. The molecule has 0 aromatic rings. The highest BCUT2D eigenvalue weighted by atomic mass is 16.3. The summed E-state index contributed by atoms with van der Waals surface area (Å²) in [5.41, 5.74) is 5.30. The van der Waals surface area contributed by atoms with Crippen molar-refractivity contribution in [1.29, 1.82) is 0 Å². The molecular formula is C8H18N2O2. The van der Waals surface area contributed by atoms with E-state index < -0.39 is 12.1 Å². The Bertz CT molecular complexity index is 137. The van der Waals surface area contributed by atoms with Gasteiger partial charge in [-0.15, -0.1) is 0 Å². The largest absolute Gasteiger partial charge is 0.391 e. The van der Waals surface area contributed by atoms with Gasteiger partial charge in [-0.3, -0.25) is 4.79 Å². The van der Waals surface area contributed by atoms with Gasteiger partial charge in [0.15, 0.2) is 0 Å². The van der Waals surface area contributed by atoms with E-state index in [1.54, 1.807) is 6.92 Å². The zero-order valence-electron chi connectivity index (χ0n) is 7.71. The minimum Gasteiger partial charge on any atom is -0.391 e. The van der Waals surface area contributed by atoms with Crippen LogP contribution in [-0.2, 0) is 4.79 Å². The fraction of sp³-hybridized carbons (Fsp3) is 0.875. The second-order valence-corrected chi connectivity index (χ2v) is 2.98. The van der Waals surface area contributed by atoms with Crippen LogP contribution in [0.3, 0.4) is 0 Å². The van der Waals surface area contributed by atoms with E-state index in [-0.39, 0.29) is 5.91 Å². The lowest BCUT2D eigenvalue weighted by atomic mass is 10.2. The average Bonchev–Trinajstić information content (AvgIpc) is 2.00. The molecule has 4 nitrogen and oxygen atoms in total. The van der Waals surface area contributed by atoms with E-state index in [0.29, 0.717) is 13.0 Å². The maximum Gasteiger partial charge on any atom is 0.236 e. The third kappa shape index (κ3) is 5.09. The molecule has 0 saturated heterocycles. The number of aliphatic hydroxyl groups excluding tert-OH is 1. The maximum atomic E-state index is 10.9. The number of amides is 1. The van der Waals surface area contributed by atoms with Crippen LogP contribution in [-0.4, -0.2) is 29.7 Å². The Morgan fingerprint density at radius 2 is 2.25 bits per heavy atom. The van der Waals surface area contributed by atoms with Crippen LogP contribution in [0.2, 0.25) is 0 Å². The van der Waals surface area contributed by atoms with Crippen molar-refractivity contribution < 1.29 is 9.90 Å². The van der Waals surface area contributed by atoms with Gasteiger partial charge in [0, 0.05) is 6.54 Å². The molecule has 0 aliphatic heterocycles. The number of aliphatic hydroxyl groups is 1. The standard InChI is InChI=1S/C8H18N2O2/c1-3-4-7(11)5-10-8(12)6(2)9/h6-7,11H,3-5,9H2,1-2H3,(H,10,12). The van der Waals surface area contributed by atoms with Gasteiger partial charge in [-0.1, -0.05) is 13.3 Å². The monoisotopic (exact) mass is 174 g/mol. The summed E-state index contributed by atoms with van der Waals surface area (Å²) in [4.78, 5) is 10.9. The summed E-state index contributed by atoms with van der Waals surface area (Å²) < 4.78 is 0. The number of carbonyl (C=O) groups excluding carboxylic acids is 1. The lowest BCUT2D eigenvalue weighted by Gasteiger charge is -2.11. The molecule has 0 rings (SSSR count). The smallest absolute Gasteiger partial charge is 0.236 e. The molecule has 72 valence electrons. The molecule has 0 aliphatic carbocycles. The van der Waals surface area contributed by atoms with Crippen LogP contribution >= 0.6 is 0 Å². The van der Waals surface area contributed by atoms with Crippen molar-refractivity contribution in [3.63, 3.8) is 0 Å². The highest BCUT2D eigenvalue weighted by Crippen LogP contribution is 1.93. The lowest BCUT2D eigenvalue weighted by Crippen LogP contribution is -2.41. The Kier molecular flexibility index (Phi) is 5.66. The summed E-state index contributed by atoms with van der Waals surface area (Å²) in [5, 5.41) is 11.8. The summed E-state index contributed by atoms with van der Waals surface area (Å²) >= 11 is 0. The van der Waals surface area contributed by atoms with Gasteiger partial charge in [-0.2, -0.15) is 0 Å². The molecule has 0 aliphatic rings. The molecule has 0 aromatic heterocycles. The summed E-state index contributed by atoms with van der Waals surface area (Å²) in [6, 6.07) is -0.501. The maximum absolute atomic E-state index is 10.9. The predicted octanol–water partition coefficient (Wildman–Crippen LogP) is -0.389. The van der Waals surface area contributed by atoms with Crippen molar-refractivity contribution in [3.05, 3.63) is 0 Å². The zero-order valence-corrected chi connectivity index (χ0v) is 7.71. The summed E-state index contributed by atoms with van der Waals surface area (Å²) in [6.07, 6.45) is 1.17. The van der Waals surface area contributed by atoms with Crippen LogP contribution in [0.1, 0.15) is 26.7 Å². The third-order valence-corrected chi connectivity index (χ3v) is 1.55. The predicted molar refractivity (Wildman–Crippen MR) is 47.6 cm³/mol. The van der Waals surface area contributed by atoms with Crippen LogP contribution < -0.4 is 11.1 Å². The molecule has 0 aromatic carbocycles. The fourth-order valence-electron chi connectivity index (χ4n) is 0.815. The van der Waals surface area contributed by atoms with Crippen LogP contribution in [0.15, 0.2) is 0 Å². The molecule has 0 fully saturated rings. The van der Waals surface area contributed by atoms with E-state index in [1.165, 1.54) is 0 Å². The lowest BCUT2D eigenvalue weighted by molar-refractivity contribution is -0.122. The van der Waals surface area contributed by atoms with Crippen LogP contribution in [0, 0.1) is 0 Å². The number of nitrogens with two attached hydrogens (primary N) is 1. The Morgan fingerprint density at radius 1 is 1.67 bits per heavy atom. The minimum absolute atomic E-state index is 0.217. The third-order valence-electron chi connectivity index (χ3n) is 1.55. The van der Waals surface area contributed by atoms with E-state index in [2.05, 4.69) is 5.32 Å². The quantitative estimate of drug-likeness (QED) is 0.531. The van der Waals surface area contributed by atoms with Gasteiger partial charge < -0.3 is 16.2 Å². The summed E-state index contributed by atoms with van der Waals surface area (Å²) in [5.74, 6) is -0.217. The highest BCUT2D eigenvalue weighted by Gasteiger charge is 2.08. The van der Waals surface area contributed by atoms with Gasteiger partial charge in [-0.05, 0) is 13.3 Å². The van der Waals surface area contributed by atoms with Gasteiger partial charge in [0.05, 0.1) is 12.1 Å². The number of nitrogens with one attached hydrogen (secondary N) is 1. The second-order valence-electron chi connectivity index (χ2n) is 2.98. The van der Waals surface area contributed by atoms with Crippen molar-refractivity contribution >= 4 is 5.91 Å². The van der Waals surface area contributed by atoms with Crippen LogP contribution in [0.5, 0.6) is 0 Å². The molecule has 4 heteroatoms. The molecular weight excluding hydrogens is 156 g/mol. The van der Waals surface area contributed by atoms with E-state index in [0.717, 1.165) is 6.42 Å². The van der Waals surface area contributed by atoms with Crippen LogP contribution in [0.25, 0.3) is 0 Å². The fourth-order valence-corrected chi connectivity index (χ4v) is 0.815. The zero-order chi connectivity index (χ0) is 9.56. The van der Waals surface area contributed by atoms with E-state index in [4.69, 9.17) is 5.73 Å². The molecule has 1 amide bonds. The highest BCUT2D eigenvalue weighted by molar-refractivity contribution is 5.80. The number of rotatable bonds is 5. The first kappa shape index (κ1) is 11.4. The number of hydrogen-bond donors (Lipinski definition) is 3. The molecule has 0 saturated carbocycles. The molecule has 0 radical (unpaired) electrons. The molecule has 0 heterocycles. The van der Waals surface area contributed by atoms with Crippen molar-refractivity contribution in [2.45, 2.75) is 38.8 Å². The van der Waals surface area contributed by atoms with Crippen LogP contribution in [0.4, 0.5) is 0 Å². The first-order chi connectivity index (χ1) is 5.57. The first-order valence-electron chi connectivity index (χ1n) is 4.29. The van der Waals surface area contributed by atoms with Gasteiger partial charge in [0.2, 0.25) is 5.91 Å². The molecule has 2 unspecified atom stereocenters. The van der Waals surface area contributed by atoms with Crippen molar-refractivity contribution in [2.24, 2.45) is 5.73 Å². The van der Waals surface area contributed by atoms with Gasteiger partial charge in [0.25, 0.3) is 0 Å². The van der Waals surface area contributed by atoms with E-state index >= 15 is 0 Å². The van der Waals surface area contributed by atoms with Crippen molar-refractivity contribution in [1.82, 2.24) is 5.32 Å². The Labute approximate surface area is 73.1 Å². The van der Waals surface area contributed by atoms with E-state index in [1.807, 2.05) is 6.92 Å². The minimum atomic E-state index is -0.501. The van der Waals surface area contributed by atoms with Gasteiger partial charge in [-0.25, -0.2) is 0 Å². The molecule has 0 spiro atoms. The summed E-state index contributed by atoms with van der Waals surface area (Å²) in [6.45, 7) is 3.90. The summed E-state index contributed by atoms with van der Waals surface area (Å²) in [7, 11) is 0.